The van der Waals surface area contributed by atoms with Gasteiger partial charge in [0.15, 0.2) is 0 Å². The molecular weight excluding hydrogens is 492 g/mol. The molecule has 8 rings (SSSR count). The lowest BCUT2D eigenvalue weighted by atomic mass is 10.1. The summed E-state index contributed by atoms with van der Waals surface area (Å²) < 4.78 is 11.3. The van der Waals surface area contributed by atoms with E-state index in [4.69, 9.17) is 4.74 Å². The fourth-order valence-electron chi connectivity index (χ4n) is 6.63. The van der Waals surface area contributed by atoms with Crippen molar-refractivity contribution in [2.24, 2.45) is 0 Å². The van der Waals surface area contributed by atoms with E-state index in [1.807, 2.05) is 18.3 Å². The fourth-order valence-corrected chi connectivity index (χ4v) is 6.63. The zero-order valence-electron chi connectivity index (χ0n) is 22.5. The first-order valence-electron chi connectivity index (χ1n) is 14.1. The van der Waals surface area contributed by atoms with Gasteiger partial charge in [-0.15, -0.1) is 0 Å². The molecule has 196 valence electrons. The largest absolute Gasteiger partial charge is 0.457 e. The SMILES string of the molecule is CN1CCCCC1n1c2ccccc2c2ccc(Oc3ccc4c5ccccc5n(-c5ccccn5)c4c3)cc21. The third-order valence-corrected chi connectivity index (χ3v) is 8.47. The summed E-state index contributed by atoms with van der Waals surface area (Å²) in [4.78, 5) is 7.16. The lowest BCUT2D eigenvalue weighted by Crippen LogP contribution is -2.33. The quantitative estimate of drug-likeness (QED) is 0.232. The van der Waals surface area contributed by atoms with Crippen LogP contribution in [0.15, 0.2) is 109 Å². The Labute approximate surface area is 232 Å². The van der Waals surface area contributed by atoms with E-state index in [2.05, 4.69) is 117 Å². The van der Waals surface area contributed by atoms with Crippen LogP contribution in [-0.2, 0) is 0 Å². The maximum Gasteiger partial charge on any atom is 0.137 e. The van der Waals surface area contributed by atoms with Gasteiger partial charge in [0.1, 0.15) is 17.3 Å². The number of piperidine rings is 1. The summed E-state index contributed by atoms with van der Waals surface area (Å²) in [6.07, 6.45) is 5.86. The van der Waals surface area contributed by atoms with Crippen molar-refractivity contribution >= 4 is 43.6 Å². The van der Waals surface area contributed by atoms with Crippen LogP contribution < -0.4 is 4.74 Å². The molecule has 1 atom stereocenters. The van der Waals surface area contributed by atoms with Gasteiger partial charge in [0.05, 0.1) is 28.2 Å². The van der Waals surface area contributed by atoms with Gasteiger partial charge >= 0.3 is 0 Å². The van der Waals surface area contributed by atoms with E-state index >= 15 is 0 Å². The Morgan fingerprint density at radius 3 is 2.05 bits per heavy atom. The van der Waals surface area contributed by atoms with Crippen LogP contribution in [0.3, 0.4) is 0 Å². The first-order chi connectivity index (χ1) is 19.8. The number of rotatable bonds is 4. The molecule has 1 unspecified atom stereocenters. The zero-order valence-corrected chi connectivity index (χ0v) is 22.5. The Kier molecular flexibility index (Phi) is 5.39. The maximum atomic E-state index is 6.59. The molecule has 5 nitrogen and oxygen atoms in total. The Bertz CT molecular complexity index is 2020. The minimum atomic E-state index is 0.344. The number of ether oxygens (including phenoxy) is 1. The summed E-state index contributed by atoms with van der Waals surface area (Å²) in [6.45, 7) is 1.12. The minimum absolute atomic E-state index is 0.344. The van der Waals surface area contributed by atoms with E-state index < -0.39 is 0 Å². The number of benzene rings is 4. The predicted molar refractivity (Wildman–Crippen MR) is 164 cm³/mol. The van der Waals surface area contributed by atoms with Crippen LogP contribution in [0.25, 0.3) is 49.4 Å². The summed E-state index contributed by atoms with van der Waals surface area (Å²) >= 11 is 0. The van der Waals surface area contributed by atoms with Gasteiger partial charge < -0.3 is 9.30 Å². The van der Waals surface area contributed by atoms with Gasteiger partial charge in [-0.2, -0.15) is 0 Å². The van der Waals surface area contributed by atoms with Gasteiger partial charge in [-0.1, -0.05) is 42.5 Å². The molecule has 1 aliphatic heterocycles. The number of para-hydroxylation sites is 2. The molecule has 1 fully saturated rings. The van der Waals surface area contributed by atoms with Gasteiger partial charge in [-0.25, -0.2) is 4.98 Å². The van der Waals surface area contributed by atoms with Crippen LogP contribution in [0.5, 0.6) is 11.5 Å². The smallest absolute Gasteiger partial charge is 0.137 e. The average molecular weight is 523 g/mol. The van der Waals surface area contributed by atoms with Gasteiger partial charge in [0, 0.05) is 39.9 Å². The lowest BCUT2D eigenvalue weighted by molar-refractivity contribution is 0.135. The van der Waals surface area contributed by atoms with E-state index in [9.17, 15) is 0 Å². The number of hydrogen-bond donors (Lipinski definition) is 0. The average Bonchev–Trinajstić information content (AvgIpc) is 3.50. The molecule has 1 saturated heterocycles. The van der Waals surface area contributed by atoms with Crippen LogP contribution in [0.1, 0.15) is 25.4 Å². The number of likely N-dealkylation sites (tertiary alicyclic amines) is 1. The fraction of sp³-hybridized carbons (Fsp3) is 0.171. The topological polar surface area (TPSA) is 35.2 Å². The van der Waals surface area contributed by atoms with Gasteiger partial charge in [0.25, 0.3) is 0 Å². The molecular formula is C35H30N4O. The highest BCUT2D eigenvalue weighted by Gasteiger charge is 2.24. The number of pyridine rings is 1. The molecule has 0 saturated carbocycles. The lowest BCUT2D eigenvalue weighted by Gasteiger charge is -2.34. The molecule has 4 aromatic carbocycles. The Morgan fingerprint density at radius 2 is 1.30 bits per heavy atom. The molecule has 5 heteroatoms. The van der Waals surface area contributed by atoms with E-state index in [1.54, 1.807) is 0 Å². The number of nitrogens with zero attached hydrogens (tertiary/aromatic N) is 4. The van der Waals surface area contributed by atoms with Crippen LogP contribution in [0.2, 0.25) is 0 Å². The normalized spacial score (nSPS) is 16.4. The second-order valence-corrected chi connectivity index (χ2v) is 10.8. The highest BCUT2D eigenvalue weighted by molar-refractivity contribution is 6.10. The molecule has 0 N–H and O–H groups in total. The monoisotopic (exact) mass is 522 g/mol. The predicted octanol–water partition coefficient (Wildman–Crippen LogP) is 8.69. The molecule has 0 bridgehead atoms. The summed E-state index contributed by atoms with van der Waals surface area (Å²) in [7, 11) is 2.25. The molecule has 1 aliphatic rings. The summed E-state index contributed by atoms with van der Waals surface area (Å²) in [5.74, 6) is 2.55. The maximum absolute atomic E-state index is 6.59. The van der Waals surface area contributed by atoms with Crippen molar-refractivity contribution in [2.75, 3.05) is 13.6 Å². The Balaban J connectivity index is 1.26. The first-order valence-corrected chi connectivity index (χ1v) is 14.1. The second kappa shape index (κ2) is 9.25. The summed E-state index contributed by atoms with van der Waals surface area (Å²) in [5.41, 5.74) is 4.73. The van der Waals surface area contributed by atoms with Crippen molar-refractivity contribution in [3.63, 3.8) is 0 Å². The van der Waals surface area contributed by atoms with Crippen LogP contribution >= 0.6 is 0 Å². The summed E-state index contributed by atoms with van der Waals surface area (Å²) in [5, 5.41) is 4.96. The number of fused-ring (bicyclic) bond motifs is 6. The molecule has 7 aromatic rings. The van der Waals surface area contributed by atoms with Gasteiger partial charge in [0.2, 0.25) is 0 Å². The molecule has 0 amide bonds. The van der Waals surface area contributed by atoms with Crippen LogP contribution in [0.4, 0.5) is 0 Å². The number of hydrogen-bond acceptors (Lipinski definition) is 3. The Morgan fingerprint density at radius 1 is 0.650 bits per heavy atom. The van der Waals surface area contributed by atoms with E-state index in [0.29, 0.717) is 6.17 Å². The van der Waals surface area contributed by atoms with Crippen molar-refractivity contribution < 1.29 is 4.74 Å². The molecule has 40 heavy (non-hydrogen) atoms. The van der Waals surface area contributed by atoms with Crippen molar-refractivity contribution in [3.05, 3.63) is 109 Å². The van der Waals surface area contributed by atoms with Gasteiger partial charge in [-0.05, 0) is 81.4 Å². The van der Waals surface area contributed by atoms with Crippen molar-refractivity contribution in [2.45, 2.75) is 25.4 Å². The van der Waals surface area contributed by atoms with Crippen molar-refractivity contribution in [3.8, 4) is 17.3 Å². The Hall–Kier alpha value is -4.61. The molecule has 4 heterocycles. The number of aromatic nitrogens is 3. The molecule has 3 aromatic heterocycles. The molecule has 0 spiro atoms. The minimum Gasteiger partial charge on any atom is -0.457 e. The van der Waals surface area contributed by atoms with Crippen molar-refractivity contribution in [1.29, 1.82) is 0 Å². The summed E-state index contributed by atoms with van der Waals surface area (Å²) in [6, 6.07) is 36.2. The van der Waals surface area contributed by atoms with E-state index in [1.165, 1.54) is 45.4 Å². The highest BCUT2D eigenvalue weighted by atomic mass is 16.5. The van der Waals surface area contributed by atoms with E-state index in [0.717, 1.165) is 41.3 Å². The third kappa shape index (κ3) is 3.62. The van der Waals surface area contributed by atoms with Crippen molar-refractivity contribution in [1.82, 2.24) is 19.0 Å². The van der Waals surface area contributed by atoms with E-state index in [-0.39, 0.29) is 0 Å². The van der Waals surface area contributed by atoms with Crippen LogP contribution in [0, 0.1) is 0 Å². The molecule has 0 radical (unpaired) electrons. The second-order valence-electron chi connectivity index (χ2n) is 10.8. The van der Waals surface area contributed by atoms with Crippen LogP contribution in [-0.4, -0.2) is 32.6 Å². The zero-order chi connectivity index (χ0) is 26.6. The van der Waals surface area contributed by atoms with Gasteiger partial charge in [-0.3, -0.25) is 9.47 Å². The highest BCUT2D eigenvalue weighted by Crippen LogP contribution is 2.39. The molecule has 0 aliphatic carbocycles. The standard InChI is InChI=1S/C35H30N4O/c1-37-21-9-7-15-35(37)39-31-13-5-3-11-27(31)29-19-17-25(23-33(29)39)40-24-16-18-28-26-10-2-4-12-30(26)38(32(28)22-24)34-14-6-8-20-36-34/h2-6,8,10-14,16-20,22-23,35H,7,9,15,21H2,1H3. The first kappa shape index (κ1) is 23.3. The third-order valence-electron chi connectivity index (χ3n) is 8.47.